The maximum atomic E-state index is 11.8. The monoisotopic (exact) mass is 283 g/mol. The Kier molecular flexibility index (Phi) is 5.38. The van der Waals surface area contributed by atoms with Crippen LogP contribution in [0.25, 0.3) is 0 Å². The standard InChI is InChI=1S/C18H21NO2/c1-14(2)13-19-18(20)12-15-8-10-17(11-9-15)21-16-6-4-3-5-7-16/h3-11,14H,12-13H2,1-2H3,(H,19,20). The van der Waals surface area contributed by atoms with Gasteiger partial charge in [0.25, 0.3) is 0 Å². The predicted molar refractivity (Wildman–Crippen MR) is 84.5 cm³/mol. The smallest absolute Gasteiger partial charge is 0.224 e. The molecule has 0 aliphatic rings. The Labute approximate surface area is 126 Å². The molecule has 0 saturated heterocycles. The molecular weight excluding hydrogens is 262 g/mol. The molecule has 2 aromatic rings. The lowest BCUT2D eigenvalue weighted by atomic mass is 10.1. The van der Waals surface area contributed by atoms with Crippen molar-refractivity contribution in [1.29, 1.82) is 0 Å². The van der Waals surface area contributed by atoms with Gasteiger partial charge in [-0.25, -0.2) is 0 Å². The van der Waals surface area contributed by atoms with Crippen LogP contribution >= 0.6 is 0 Å². The van der Waals surface area contributed by atoms with Crippen LogP contribution in [0.15, 0.2) is 54.6 Å². The van der Waals surface area contributed by atoms with E-state index < -0.39 is 0 Å². The topological polar surface area (TPSA) is 38.3 Å². The molecule has 3 nitrogen and oxygen atoms in total. The Balaban J connectivity index is 1.88. The van der Waals surface area contributed by atoms with E-state index in [9.17, 15) is 4.79 Å². The Bertz CT molecular complexity index is 562. The average Bonchev–Trinajstić information content (AvgIpc) is 2.48. The van der Waals surface area contributed by atoms with Gasteiger partial charge in [0.1, 0.15) is 11.5 Å². The Hall–Kier alpha value is -2.29. The molecule has 0 atom stereocenters. The van der Waals surface area contributed by atoms with Crippen molar-refractivity contribution in [3.05, 3.63) is 60.2 Å². The summed E-state index contributed by atoms with van der Waals surface area (Å²) in [4.78, 5) is 11.8. The fourth-order valence-electron chi connectivity index (χ4n) is 1.87. The summed E-state index contributed by atoms with van der Waals surface area (Å²) in [5, 5.41) is 2.91. The molecule has 0 aromatic heterocycles. The third-order valence-corrected chi connectivity index (χ3v) is 2.97. The SMILES string of the molecule is CC(C)CNC(=O)Cc1ccc(Oc2ccccc2)cc1. The fourth-order valence-corrected chi connectivity index (χ4v) is 1.87. The van der Waals surface area contributed by atoms with Gasteiger partial charge < -0.3 is 10.1 Å². The number of hydrogen-bond donors (Lipinski definition) is 1. The number of hydrogen-bond acceptors (Lipinski definition) is 2. The maximum absolute atomic E-state index is 11.8. The van der Waals surface area contributed by atoms with Crippen molar-refractivity contribution in [2.24, 2.45) is 5.92 Å². The fraction of sp³-hybridized carbons (Fsp3) is 0.278. The summed E-state index contributed by atoms with van der Waals surface area (Å²) in [6.45, 7) is 4.88. The number of nitrogens with one attached hydrogen (secondary N) is 1. The zero-order valence-corrected chi connectivity index (χ0v) is 12.5. The van der Waals surface area contributed by atoms with Crippen LogP contribution in [0.5, 0.6) is 11.5 Å². The summed E-state index contributed by atoms with van der Waals surface area (Å²) < 4.78 is 5.72. The molecule has 0 heterocycles. The third-order valence-electron chi connectivity index (χ3n) is 2.97. The minimum absolute atomic E-state index is 0.0560. The number of amides is 1. The van der Waals surface area contributed by atoms with Crippen molar-refractivity contribution in [3.8, 4) is 11.5 Å². The van der Waals surface area contributed by atoms with E-state index >= 15 is 0 Å². The molecular formula is C18H21NO2. The molecule has 0 radical (unpaired) electrons. The first-order valence-electron chi connectivity index (χ1n) is 7.22. The van der Waals surface area contributed by atoms with Gasteiger partial charge >= 0.3 is 0 Å². The van der Waals surface area contributed by atoms with E-state index in [1.54, 1.807) is 0 Å². The minimum Gasteiger partial charge on any atom is -0.457 e. The van der Waals surface area contributed by atoms with Crippen molar-refractivity contribution >= 4 is 5.91 Å². The summed E-state index contributed by atoms with van der Waals surface area (Å²) in [6.07, 6.45) is 0.401. The second kappa shape index (κ2) is 7.48. The summed E-state index contributed by atoms with van der Waals surface area (Å²) in [5.74, 6) is 2.10. The van der Waals surface area contributed by atoms with Gasteiger partial charge in [0, 0.05) is 6.54 Å². The van der Waals surface area contributed by atoms with E-state index in [2.05, 4.69) is 19.2 Å². The molecule has 0 unspecified atom stereocenters. The van der Waals surface area contributed by atoms with Crippen LogP contribution in [0.4, 0.5) is 0 Å². The molecule has 0 aliphatic carbocycles. The first-order chi connectivity index (χ1) is 10.1. The minimum atomic E-state index is 0.0560. The largest absolute Gasteiger partial charge is 0.457 e. The lowest BCUT2D eigenvalue weighted by Crippen LogP contribution is -2.28. The molecule has 0 spiro atoms. The molecule has 110 valence electrons. The van der Waals surface area contributed by atoms with Gasteiger partial charge in [-0.2, -0.15) is 0 Å². The number of ether oxygens (including phenoxy) is 1. The van der Waals surface area contributed by atoms with E-state index in [0.29, 0.717) is 18.9 Å². The first-order valence-corrected chi connectivity index (χ1v) is 7.22. The number of benzene rings is 2. The summed E-state index contributed by atoms with van der Waals surface area (Å²) >= 11 is 0. The van der Waals surface area contributed by atoms with E-state index in [0.717, 1.165) is 17.1 Å². The number of para-hydroxylation sites is 1. The van der Waals surface area contributed by atoms with Crippen molar-refractivity contribution in [1.82, 2.24) is 5.32 Å². The van der Waals surface area contributed by atoms with Crippen LogP contribution < -0.4 is 10.1 Å². The average molecular weight is 283 g/mol. The van der Waals surface area contributed by atoms with E-state index in [-0.39, 0.29) is 5.91 Å². The Morgan fingerprint density at radius 2 is 1.62 bits per heavy atom. The molecule has 0 saturated carbocycles. The van der Waals surface area contributed by atoms with Crippen LogP contribution in [0, 0.1) is 5.92 Å². The van der Waals surface area contributed by atoms with Gasteiger partial charge in [-0.1, -0.05) is 44.2 Å². The predicted octanol–water partition coefficient (Wildman–Crippen LogP) is 3.79. The van der Waals surface area contributed by atoms with E-state index in [1.807, 2.05) is 54.6 Å². The molecule has 3 heteroatoms. The summed E-state index contributed by atoms with van der Waals surface area (Å²) in [7, 11) is 0. The Morgan fingerprint density at radius 1 is 1.00 bits per heavy atom. The lowest BCUT2D eigenvalue weighted by molar-refractivity contribution is -0.120. The number of carbonyl (C=O) groups is 1. The lowest BCUT2D eigenvalue weighted by Gasteiger charge is -2.09. The van der Waals surface area contributed by atoms with Crippen LogP contribution in [-0.2, 0) is 11.2 Å². The van der Waals surface area contributed by atoms with Gasteiger partial charge in [0.2, 0.25) is 5.91 Å². The molecule has 0 aliphatic heterocycles. The summed E-state index contributed by atoms with van der Waals surface area (Å²) in [6, 6.07) is 17.3. The van der Waals surface area contributed by atoms with Gasteiger partial charge in [-0.15, -0.1) is 0 Å². The maximum Gasteiger partial charge on any atom is 0.224 e. The van der Waals surface area contributed by atoms with Crippen molar-refractivity contribution in [2.75, 3.05) is 6.54 Å². The summed E-state index contributed by atoms with van der Waals surface area (Å²) in [5.41, 5.74) is 0.983. The van der Waals surface area contributed by atoms with E-state index in [4.69, 9.17) is 4.74 Å². The molecule has 0 fully saturated rings. The van der Waals surface area contributed by atoms with Gasteiger partial charge in [0.05, 0.1) is 6.42 Å². The second-order valence-electron chi connectivity index (χ2n) is 5.43. The Morgan fingerprint density at radius 3 is 2.24 bits per heavy atom. The molecule has 1 N–H and O–H groups in total. The highest BCUT2D eigenvalue weighted by atomic mass is 16.5. The van der Waals surface area contributed by atoms with Gasteiger partial charge in [-0.3, -0.25) is 4.79 Å². The molecule has 2 rings (SSSR count). The highest BCUT2D eigenvalue weighted by Gasteiger charge is 2.04. The zero-order valence-electron chi connectivity index (χ0n) is 12.5. The van der Waals surface area contributed by atoms with Gasteiger partial charge in [-0.05, 0) is 35.7 Å². The second-order valence-corrected chi connectivity index (χ2v) is 5.43. The zero-order chi connectivity index (χ0) is 15.1. The van der Waals surface area contributed by atoms with Crippen LogP contribution in [-0.4, -0.2) is 12.5 Å². The van der Waals surface area contributed by atoms with Crippen LogP contribution in [0.1, 0.15) is 19.4 Å². The molecule has 0 bridgehead atoms. The quantitative estimate of drug-likeness (QED) is 0.876. The normalized spacial score (nSPS) is 10.4. The van der Waals surface area contributed by atoms with Crippen molar-refractivity contribution in [2.45, 2.75) is 20.3 Å². The van der Waals surface area contributed by atoms with Crippen LogP contribution in [0.3, 0.4) is 0 Å². The van der Waals surface area contributed by atoms with E-state index in [1.165, 1.54) is 0 Å². The molecule has 2 aromatic carbocycles. The van der Waals surface area contributed by atoms with Crippen molar-refractivity contribution in [3.63, 3.8) is 0 Å². The highest BCUT2D eigenvalue weighted by Crippen LogP contribution is 2.21. The van der Waals surface area contributed by atoms with Crippen LogP contribution in [0.2, 0.25) is 0 Å². The number of carbonyl (C=O) groups excluding carboxylic acids is 1. The first kappa shape index (κ1) is 15.1. The third kappa shape index (κ3) is 5.30. The van der Waals surface area contributed by atoms with Gasteiger partial charge in [0.15, 0.2) is 0 Å². The van der Waals surface area contributed by atoms with Crippen molar-refractivity contribution < 1.29 is 9.53 Å². The number of rotatable bonds is 6. The highest BCUT2D eigenvalue weighted by molar-refractivity contribution is 5.78. The molecule has 1 amide bonds. The molecule has 21 heavy (non-hydrogen) atoms.